The Morgan fingerprint density at radius 3 is 2.19 bits per heavy atom. The van der Waals surface area contributed by atoms with E-state index in [1.807, 2.05) is 42.5 Å². The zero-order chi connectivity index (χ0) is 22.8. The number of carboxylic acids is 1. The molecule has 2 amide bonds. The van der Waals surface area contributed by atoms with Gasteiger partial charge in [-0.25, -0.2) is 9.59 Å². The largest absolute Gasteiger partial charge is 0.480 e. The Kier molecular flexibility index (Phi) is 6.39. The SMILES string of the molecule is CC(C)c1cccc(C(C)C)c1NC(=O)NC(C)(Cc1c[nH]c2ccccc12)C(=O)O. The number of carbonyl (C=O) groups excluding carboxylic acids is 1. The standard InChI is InChI=1S/C25H31N3O3/c1-15(2)18-10-8-11-19(16(3)4)22(18)27-24(31)28-25(5,23(29)30)13-17-14-26-21-12-7-6-9-20(17)21/h6-12,14-16,26H,13H2,1-5H3,(H,29,30)(H2,27,28,31). The van der Waals surface area contributed by atoms with Gasteiger partial charge in [0.25, 0.3) is 0 Å². The smallest absolute Gasteiger partial charge is 0.329 e. The number of nitrogens with one attached hydrogen (secondary N) is 3. The fraction of sp³-hybridized carbons (Fsp3) is 0.360. The van der Waals surface area contributed by atoms with Crippen molar-refractivity contribution >= 4 is 28.6 Å². The van der Waals surface area contributed by atoms with Gasteiger partial charge < -0.3 is 20.7 Å². The van der Waals surface area contributed by atoms with Gasteiger partial charge in [-0.2, -0.15) is 0 Å². The number of aliphatic carboxylic acids is 1. The highest BCUT2D eigenvalue weighted by Crippen LogP contribution is 2.32. The summed E-state index contributed by atoms with van der Waals surface area (Å²) in [6, 6.07) is 13.2. The first-order chi connectivity index (χ1) is 14.6. The molecule has 4 N–H and O–H groups in total. The first-order valence-corrected chi connectivity index (χ1v) is 10.6. The Morgan fingerprint density at radius 2 is 1.61 bits per heavy atom. The van der Waals surface area contributed by atoms with Crippen LogP contribution in [0.2, 0.25) is 0 Å². The van der Waals surface area contributed by atoms with Crippen LogP contribution in [0.3, 0.4) is 0 Å². The Bertz CT molecular complexity index is 1070. The van der Waals surface area contributed by atoms with Gasteiger partial charge in [-0.15, -0.1) is 0 Å². The Labute approximate surface area is 183 Å². The molecule has 0 aliphatic rings. The molecule has 0 fully saturated rings. The summed E-state index contributed by atoms with van der Waals surface area (Å²) in [6.07, 6.45) is 1.96. The Balaban J connectivity index is 1.87. The lowest BCUT2D eigenvalue weighted by Crippen LogP contribution is -2.55. The van der Waals surface area contributed by atoms with Gasteiger partial charge in [-0.1, -0.05) is 64.1 Å². The minimum atomic E-state index is -1.47. The molecular formula is C25H31N3O3. The number of rotatable bonds is 7. The van der Waals surface area contributed by atoms with Crippen LogP contribution in [0.4, 0.5) is 10.5 Å². The number of aromatic nitrogens is 1. The zero-order valence-corrected chi connectivity index (χ0v) is 18.7. The molecule has 3 rings (SSSR count). The summed E-state index contributed by atoms with van der Waals surface area (Å²) in [6.45, 7) is 9.82. The topological polar surface area (TPSA) is 94.2 Å². The molecule has 31 heavy (non-hydrogen) atoms. The summed E-state index contributed by atoms with van der Waals surface area (Å²) in [5, 5.41) is 16.6. The van der Waals surface area contributed by atoms with Crippen LogP contribution in [0.15, 0.2) is 48.7 Å². The predicted molar refractivity (Wildman–Crippen MR) is 125 cm³/mol. The fourth-order valence-corrected chi connectivity index (χ4v) is 3.92. The van der Waals surface area contributed by atoms with E-state index in [1.165, 1.54) is 6.92 Å². The van der Waals surface area contributed by atoms with E-state index in [0.717, 1.165) is 33.3 Å². The van der Waals surface area contributed by atoms with E-state index >= 15 is 0 Å². The molecule has 0 saturated heterocycles. The first-order valence-electron chi connectivity index (χ1n) is 10.6. The van der Waals surface area contributed by atoms with Crippen LogP contribution in [-0.2, 0) is 11.2 Å². The van der Waals surface area contributed by atoms with Gasteiger partial charge in [0.05, 0.1) is 0 Å². The minimum Gasteiger partial charge on any atom is -0.480 e. The Morgan fingerprint density at radius 1 is 1.00 bits per heavy atom. The van der Waals surface area contributed by atoms with Gasteiger partial charge >= 0.3 is 12.0 Å². The number of aromatic amines is 1. The summed E-state index contributed by atoms with van der Waals surface area (Å²) in [7, 11) is 0. The predicted octanol–water partition coefficient (Wildman–Crippen LogP) is 5.62. The first kappa shape index (κ1) is 22.4. The molecule has 1 atom stereocenters. The van der Waals surface area contributed by atoms with Crippen molar-refractivity contribution in [1.29, 1.82) is 0 Å². The van der Waals surface area contributed by atoms with Gasteiger partial charge in [0.15, 0.2) is 0 Å². The number of carboxylic acid groups (broad SMARTS) is 1. The molecule has 6 nitrogen and oxygen atoms in total. The van der Waals surface area contributed by atoms with Crippen molar-refractivity contribution in [2.24, 2.45) is 0 Å². The molecule has 6 heteroatoms. The summed E-state index contributed by atoms with van der Waals surface area (Å²) in [4.78, 5) is 28.3. The third kappa shape index (κ3) is 4.74. The van der Waals surface area contributed by atoms with Gasteiger partial charge in [-0.3, -0.25) is 0 Å². The molecule has 2 aromatic carbocycles. The van der Waals surface area contributed by atoms with Crippen LogP contribution in [0, 0.1) is 0 Å². The number of para-hydroxylation sites is 2. The van der Waals surface area contributed by atoms with Crippen molar-refractivity contribution in [3.8, 4) is 0 Å². The molecule has 0 aliphatic heterocycles. The van der Waals surface area contributed by atoms with Crippen LogP contribution in [0.1, 0.15) is 63.1 Å². The Hall–Kier alpha value is -3.28. The average Bonchev–Trinajstić information content (AvgIpc) is 3.10. The third-order valence-corrected chi connectivity index (χ3v) is 5.69. The van der Waals surface area contributed by atoms with Crippen molar-refractivity contribution < 1.29 is 14.7 Å². The minimum absolute atomic E-state index is 0.155. The van der Waals surface area contributed by atoms with E-state index in [0.29, 0.717) is 0 Å². The summed E-state index contributed by atoms with van der Waals surface area (Å²) in [5.74, 6) is -0.661. The lowest BCUT2D eigenvalue weighted by atomic mass is 9.92. The van der Waals surface area contributed by atoms with Gasteiger partial charge in [0, 0.05) is 29.2 Å². The highest BCUT2D eigenvalue weighted by Gasteiger charge is 2.36. The van der Waals surface area contributed by atoms with Crippen molar-refractivity contribution in [3.05, 3.63) is 65.4 Å². The molecule has 1 aromatic heterocycles. The lowest BCUT2D eigenvalue weighted by molar-refractivity contribution is -0.143. The lowest BCUT2D eigenvalue weighted by Gasteiger charge is -2.27. The van der Waals surface area contributed by atoms with Gasteiger partial charge in [-0.05, 0) is 41.5 Å². The summed E-state index contributed by atoms with van der Waals surface area (Å²) < 4.78 is 0. The number of H-pyrrole nitrogens is 1. The molecule has 1 heterocycles. The van der Waals surface area contributed by atoms with E-state index < -0.39 is 17.5 Å². The van der Waals surface area contributed by atoms with E-state index in [9.17, 15) is 14.7 Å². The van der Waals surface area contributed by atoms with Crippen molar-refractivity contribution in [3.63, 3.8) is 0 Å². The summed E-state index contributed by atoms with van der Waals surface area (Å²) in [5.41, 5.74) is 3.10. The van der Waals surface area contributed by atoms with E-state index in [2.05, 4.69) is 43.3 Å². The van der Waals surface area contributed by atoms with E-state index in [4.69, 9.17) is 0 Å². The van der Waals surface area contributed by atoms with Crippen molar-refractivity contribution in [2.75, 3.05) is 5.32 Å². The number of amides is 2. The summed E-state index contributed by atoms with van der Waals surface area (Å²) >= 11 is 0. The second-order valence-electron chi connectivity index (χ2n) is 8.87. The van der Waals surface area contributed by atoms with Crippen LogP contribution < -0.4 is 10.6 Å². The van der Waals surface area contributed by atoms with Crippen molar-refractivity contribution in [2.45, 2.75) is 58.4 Å². The van der Waals surface area contributed by atoms with Crippen LogP contribution in [-0.4, -0.2) is 27.6 Å². The number of hydrogen-bond donors (Lipinski definition) is 4. The maximum Gasteiger partial charge on any atom is 0.329 e. The number of hydrogen-bond acceptors (Lipinski definition) is 2. The van der Waals surface area contributed by atoms with Crippen LogP contribution in [0.5, 0.6) is 0 Å². The monoisotopic (exact) mass is 421 g/mol. The molecule has 0 saturated carbocycles. The van der Waals surface area contributed by atoms with Crippen LogP contribution >= 0.6 is 0 Å². The number of benzene rings is 2. The zero-order valence-electron chi connectivity index (χ0n) is 18.7. The highest BCUT2D eigenvalue weighted by molar-refractivity contribution is 5.95. The second-order valence-corrected chi connectivity index (χ2v) is 8.87. The average molecular weight is 422 g/mol. The van der Waals surface area contributed by atoms with Gasteiger partial charge in [0.1, 0.15) is 5.54 Å². The van der Waals surface area contributed by atoms with Crippen LogP contribution in [0.25, 0.3) is 10.9 Å². The molecule has 0 radical (unpaired) electrons. The maximum atomic E-state index is 13.0. The molecule has 164 valence electrons. The molecule has 3 aromatic rings. The molecule has 0 aliphatic carbocycles. The molecular weight excluding hydrogens is 390 g/mol. The quantitative estimate of drug-likeness (QED) is 0.399. The molecule has 0 bridgehead atoms. The van der Waals surface area contributed by atoms with Gasteiger partial charge in [0.2, 0.25) is 0 Å². The van der Waals surface area contributed by atoms with E-state index in [-0.39, 0.29) is 18.3 Å². The molecule has 0 spiro atoms. The number of urea groups is 1. The highest BCUT2D eigenvalue weighted by atomic mass is 16.4. The maximum absolute atomic E-state index is 13.0. The van der Waals surface area contributed by atoms with Crippen molar-refractivity contribution in [1.82, 2.24) is 10.3 Å². The number of anilines is 1. The fourth-order valence-electron chi connectivity index (χ4n) is 3.92. The molecule has 1 unspecified atom stereocenters. The number of fused-ring (bicyclic) bond motifs is 1. The third-order valence-electron chi connectivity index (χ3n) is 5.69. The van der Waals surface area contributed by atoms with E-state index in [1.54, 1.807) is 6.20 Å². The second kappa shape index (κ2) is 8.84. The number of carbonyl (C=O) groups is 2. The normalized spacial score (nSPS) is 13.4.